The van der Waals surface area contributed by atoms with E-state index in [1.165, 1.54) is 75.5 Å². The zero-order valence-electron chi connectivity index (χ0n) is 24.6. The van der Waals surface area contributed by atoms with E-state index in [2.05, 4.69) is 35.4 Å². The number of anilines is 1. The highest BCUT2D eigenvalue weighted by molar-refractivity contribution is 7.09. The van der Waals surface area contributed by atoms with Crippen LogP contribution in [-0.4, -0.2) is 19.1 Å². The summed E-state index contributed by atoms with van der Waals surface area (Å²) >= 11 is 8.12. The number of halogens is 2. The molecular formula is C33H46BrClN2O3S. The number of thiazole rings is 1. The molecule has 0 saturated heterocycles. The molecule has 41 heavy (non-hydrogen) atoms. The number of carbonyl (C=O) groups excluding carboxylic acids is 1. The Morgan fingerprint density at radius 3 is 2.20 bits per heavy atom. The van der Waals surface area contributed by atoms with Gasteiger partial charge in [0.1, 0.15) is 11.5 Å². The predicted molar refractivity (Wildman–Crippen MR) is 167 cm³/mol. The van der Waals surface area contributed by atoms with Crippen molar-refractivity contribution in [3.63, 3.8) is 0 Å². The Labute approximate surface area is 266 Å². The molecule has 0 spiro atoms. The maximum absolute atomic E-state index is 12.6. The fourth-order valence-corrected chi connectivity index (χ4v) is 5.51. The third-order valence-corrected chi connectivity index (χ3v) is 8.04. The zero-order chi connectivity index (χ0) is 28.4. The molecule has 1 amide bonds. The number of rotatable bonds is 20. The highest BCUT2D eigenvalue weighted by Gasteiger charge is 2.13. The highest BCUT2D eigenvalue weighted by Crippen LogP contribution is 2.29. The van der Waals surface area contributed by atoms with Crippen molar-refractivity contribution in [2.45, 2.75) is 97.4 Å². The van der Waals surface area contributed by atoms with Crippen LogP contribution in [0.5, 0.6) is 11.5 Å². The lowest BCUT2D eigenvalue weighted by atomic mass is 10.1. The summed E-state index contributed by atoms with van der Waals surface area (Å²) in [6.07, 6.45) is 17.9. The molecule has 1 aromatic heterocycles. The fraction of sp³-hybridized carbons (Fsp3) is 0.515. The van der Waals surface area contributed by atoms with Gasteiger partial charge in [-0.1, -0.05) is 119 Å². The number of unbranched alkanes of at least 4 members (excludes halogenated alkanes) is 11. The van der Waals surface area contributed by atoms with Gasteiger partial charge in [-0.15, -0.1) is 0 Å². The van der Waals surface area contributed by atoms with Gasteiger partial charge < -0.3 is 31.8 Å². The van der Waals surface area contributed by atoms with E-state index in [0.29, 0.717) is 29.7 Å². The van der Waals surface area contributed by atoms with E-state index in [-0.39, 0.29) is 29.5 Å². The number of carbonyl (C=O) groups is 1. The Balaban J connectivity index is 0.00000588. The fourth-order valence-electron chi connectivity index (χ4n) is 4.65. The summed E-state index contributed by atoms with van der Waals surface area (Å²) in [7, 11) is 0. The van der Waals surface area contributed by atoms with E-state index < -0.39 is 0 Å². The standard InChI is InChI=1S/C33H45ClN2O3S.BrH/c1-3-4-5-6-7-8-9-10-11-12-13-16-21-38-32-20-19-29(22-30(32)34)39-25-33(37)35-31-18-15-14-17-28(31)24-36-23-27(2)40-26-36;/h14-15,17-20,22-23,26H,3-13,16,21,24-25H2,1-2H3;1H. The third kappa shape index (κ3) is 14.1. The maximum Gasteiger partial charge on any atom is 0.262 e. The molecule has 0 aliphatic carbocycles. The predicted octanol–water partition coefficient (Wildman–Crippen LogP) is 6.15. The normalized spacial score (nSPS) is 10.7. The number of aryl methyl sites for hydroxylation is 1. The molecule has 0 aliphatic heterocycles. The van der Waals surface area contributed by atoms with Gasteiger partial charge in [-0.25, -0.2) is 0 Å². The van der Waals surface area contributed by atoms with Crippen molar-refractivity contribution in [1.29, 1.82) is 0 Å². The average molecular weight is 666 g/mol. The Bertz CT molecular complexity index is 1160. The first-order valence-electron chi connectivity index (χ1n) is 14.9. The van der Waals surface area contributed by atoms with Crippen LogP contribution in [0.15, 0.2) is 54.2 Å². The molecule has 0 aliphatic rings. The van der Waals surface area contributed by atoms with Crippen molar-refractivity contribution in [3.8, 4) is 11.5 Å². The number of benzene rings is 2. The largest absolute Gasteiger partial charge is 1.00 e. The second-order valence-corrected chi connectivity index (χ2v) is 12.0. The quantitative estimate of drug-likeness (QED) is 0.116. The second kappa shape index (κ2) is 20.7. The van der Waals surface area contributed by atoms with Gasteiger partial charge in [-0.3, -0.25) is 4.79 Å². The van der Waals surface area contributed by atoms with Gasteiger partial charge >= 0.3 is 0 Å². The molecule has 3 rings (SSSR count). The lowest BCUT2D eigenvalue weighted by Crippen LogP contribution is -3.00. The van der Waals surface area contributed by atoms with Crippen LogP contribution in [-0.2, 0) is 11.3 Å². The maximum atomic E-state index is 12.6. The van der Waals surface area contributed by atoms with Crippen molar-refractivity contribution in [2.75, 3.05) is 18.5 Å². The summed E-state index contributed by atoms with van der Waals surface area (Å²) in [4.78, 5) is 13.8. The van der Waals surface area contributed by atoms with E-state index in [1.54, 1.807) is 23.5 Å². The number of amides is 1. The van der Waals surface area contributed by atoms with Crippen LogP contribution >= 0.6 is 22.9 Å². The SMILES string of the molecule is CCCCCCCCCCCCCCOc1ccc(OCC(=O)Nc2ccccc2C[n+]2csc(C)c2)cc1Cl.[Br-]. The Morgan fingerprint density at radius 2 is 1.56 bits per heavy atom. The molecule has 0 bridgehead atoms. The van der Waals surface area contributed by atoms with Gasteiger partial charge in [0.15, 0.2) is 19.3 Å². The van der Waals surface area contributed by atoms with Gasteiger partial charge in [0, 0.05) is 11.6 Å². The Hall–Kier alpha value is -2.09. The molecule has 0 fully saturated rings. The Kier molecular flexibility index (Phi) is 17.8. The van der Waals surface area contributed by atoms with Gasteiger partial charge in [0.25, 0.3) is 5.91 Å². The van der Waals surface area contributed by atoms with Gasteiger partial charge in [0.2, 0.25) is 5.51 Å². The monoisotopic (exact) mass is 664 g/mol. The molecule has 5 nitrogen and oxygen atoms in total. The molecular weight excluding hydrogens is 620 g/mol. The first-order chi connectivity index (χ1) is 19.5. The van der Waals surface area contributed by atoms with Crippen LogP contribution in [0.4, 0.5) is 5.69 Å². The molecule has 1 heterocycles. The van der Waals surface area contributed by atoms with Crippen LogP contribution in [0.2, 0.25) is 5.02 Å². The molecule has 0 radical (unpaired) electrons. The van der Waals surface area contributed by atoms with Crippen molar-refractivity contribution in [3.05, 3.63) is 69.6 Å². The molecule has 0 saturated carbocycles. The lowest BCUT2D eigenvalue weighted by molar-refractivity contribution is -0.683. The van der Waals surface area contributed by atoms with Gasteiger partial charge in [-0.2, -0.15) is 4.57 Å². The summed E-state index contributed by atoms with van der Waals surface area (Å²) < 4.78 is 13.7. The molecule has 2 aromatic carbocycles. The minimum absolute atomic E-state index is 0. The third-order valence-electron chi connectivity index (χ3n) is 6.89. The minimum atomic E-state index is -0.220. The molecule has 226 valence electrons. The van der Waals surface area contributed by atoms with Crippen molar-refractivity contribution >= 4 is 34.5 Å². The average Bonchev–Trinajstić information content (AvgIpc) is 3.36. The number of hydrogen-bond donors (Lipinski definition) is 1. The van der Waals surface area contributed by atoms with Gasteiger partial charge in [-0.05, 0) is 31.5 Å². The number of nitrogens with zero attached hydrogens (tertiary/aromatic N) is 1. The van der Waals surface area contributed by atoms with E-state index in [9.17, 15) is 4.79 Å². The smallest absolute Gasteiger partial charge is 0.262 e. The van der Waals surface area contributed by atoms with Crippen LogP contribution in [0, 0.1) is 6.92 Å². The topological polar surface area (TPSA) is 51.4 Å². The highest BCUT2D eigenvalue weighted by atomic mass is 79.9. The summed E-state index contributed by atoms with van der Waals surface area (Å²) in [6, 6.07) is 13.1. The summed E-state index contributed by atoms with van der Waals surface area (Å²) in [5.41, 5.74) is 3.90. The number of para-hydroxylation sites is 1. The minimum Gasteiger partial charge on any atom is -1.00 e. The van der Waals surface area contributed by atoms with E-state index in [4.69, 9.17) is 21.1 Å². The van der Waals surface area contributed by atoms with Crippen molar-refractivity contribution < 1.29 is 35.8 Å². The van der Waals surface area contributed by atoms with Crippen LogP contribution < -0.4 is 36.3 Å². The number of aromatic nitrogens is 1. The Morgan fingerprint density at radius 1 is 0.902 bits per heavy atom. The zero-order valence-corrected chi connectivity index (χ0v) is 27.8. The number of ether oxygens (including phenoxy) is 2. The van der Waals surface area contributed by atoms with Crippen LogP contribution in [0.1, 0.15) is 94.4 Å². The molecule has 3 aromatic rings. The second-order valence-electron chi connectivity index (χ2n) is 10.5. The number of nitrogens with one attached hydrogen (secondary N) is 1. The van der Waals surface area contributed by atoms with Crippen LogP contribution in [0.25, 0.3) is 0 Å². The molecule has 0 atom stereocenters. The van der Waals surface area contributed by atoms with Crippen molar-refractivity contribution in [2.24, 2.45) is 0 Å². The summed E-state index contributed by atoms with van der Waals surface area (Å²) in [5.74, 6) is 0.967. The molecule has 1 N–H and O–H groups in total. The van der Waals surface area contributed by atoms with E-state index in [0.717, 1.165) is 17.7 Å². The van der Waals surface area contributed by atoms with Crippen LogP contribution in [0.3, 0.4) is 0 Å². The van der Waals surface area contributed by atoms with E-state index in [1.807, 2.05) is 30.3 Å². The molecule has 0 unspecified atom stereocenters. The first-order valence-corrected chi connectivity index (χ1v) is 16.2. The van der Waals surface area contributed by atoms with Crippen molar-refractivity contribution in [1.82, 2.24) is 0 Å². The summed E-state index contributed by atoms with van der Waals surface area (Å²) in [6.45, 7) is 5.59. The lowest BCUT2D eigenvalue weighted by Gasteiger charge is -2.12. The first kappa shape index (κ1) is 35.1. The number of hydrogen-bond acceptors (Lipinski definition) is 4. The van der Waals surface area contributed by atoms with E-state index >= 15 is 0 Å². The summed E-state index contributed by atoms with van der Waals surface area (Å²) in [5, 5.41) is 3.46. The molecule has 8 heteroatoms. The van der Waals surface area contributed by atoms with Gasteiger partial charge in [0.05, 0.1) is 22.2 Å².